The Bertz CT molecular complexity index is 380. The van der Waals surface area contributed by atoms with E-state index in [1.165, 1.54) is 12.5 Å². The molecule has 0 aliphatic carbocycles. The highest BCUT2D eigenvalue weighted by Gasteiger charge is 2.12. The van der Waals surface area contributed by atoms with E-state index in [9.17, 15) is 9.90 Å². The first-order valence-corrected chi connectivity index (χ1v) is 6.58. The summed E-state index contributed by atoms with van der Waals surface area (Å²) < 4.78 is 4.68. The van der Waals surface area contributed by atoms with Gasteiger partial charge in [-0.15, -0.1) is 0 Å². The van der Waals surface area contributed by atoms with Crippen molar-refractivity contribution in [3.8, 4) is 0 Å². The number of ether oxygens (including phenoxy) is 1. The Morgan fingerprint density at radius 1 is 1.37 bits per heavy atom. The summed E-state index contributed by atoms with van der Waals surface area (Å²) in [5.74, 6) is -0.0233. The summed E-state index contributed by atoms with van der Waals surface area (Å²) >= 11 is 0. The second kappa shape index (κ2) is 7.92. The van der Waals surface area contributed by atoms with E-state index in [4.69, 9.17) is 0 Å². The average molecular weight is 265 g/mol. The highest BCUT2D eigenvalue weighted by molar-refractivity contribution is 5.65. The molecular formula is C15H23NO3. The number of aliphatic hydroxyl groups excluding tert-OH is 1. The van der Waals surface area contributed by atoms with Crippen LogP contribution in [0.3, 0.4) is 0 Å². The maximum atomic E-state index is 10.7. The van der Waals surface area contributed by atoms with Crippen molar-refractivity contribution in [3.63, 3.8) is 0 Å². The van der Waals surface area contributed by atoms with E-state index >= 15 is 0 Å². The zero-order valence-electron chi connectivity index (χ0n) is 11.9. The van der Waals surface area contributed by atoms with Gasteiger partial charge in [0.25, 0.3) is 0 Å². The van der Waals surface area contributed by atoms with Gasteiger partial charge in [0.1, 0.15) is 0 Å². The molecule has 0 aliphatic rings. The number of likely N-dealkylation sites (N-methyl/N-ethyl adjacent to an activating group) is 1. The molecular weight excluding hydrogens is 242 g/mol. The number of benzene rings is 1. The van der Waals surface area contributed by atoms with Gasteiger partial charge in [0.05, 0.1) is 0 Å². The van der Waals surface area contributed by atoms with Crippen LogP contribution in [0.5, 0.6) is 0 Å². The number of aliphatic hydroxyl groups is 1. The van der Waals surface area contributed by atoms with Gasteiger partial charge in [-0.05, 0) is 18.5 Å². The van der Waals surface area contributed by atoms with Crippen LogP contribution >= 0.6 is 0 Å². The molecule has 4 heteroatoms. The predicted octanol–water partition coefficient (Wildman–Crippen LogP) is 1.99. The van der Waals surface area contributed by atoms with Crippen LogP contribution in [0.15, 0.2) is 30.3 Å². The standard InChI is InChI=1S/C15H23NO3/c1-12(14-7-5-4-6-8-14)11-16(3)10-9-15(18)19-13(2)17/h4-8,12,15,18H,9-11H2,1-3H3. The summed E-state index contributed by atoms with van der Waals surface area (Å²) in [5.41, 5.74) is 1.30. The predicted molar refractivity (Wildman–Crippen MR) is 74.7 cm³/mol. The molecule has 0 aromatic heterocycles. The summed E-state index contributed by atoms with van der Waals surface area (Å²) in [5, 5.41) is 9.45. The van der Waals surface area contributed by atoms with Gasteiger partial charge in [0, 0.05) is 26.4 Å². The number of hydrogen-bond acceptors (Lipinski definition) is 4. The third-order valence-corrected chi connectivity index (χ3v) is 3.01. The number of hydrogen-bond donors (Lipinski definition) is 1. The molecule has 1 N–H and O–H groups in total. The van der Waals surface area contributed by atoms with Crippen LogP contribution in [0.4, 0.5) is 0 Å². The minimum Gasteiger partial charge on any atom is -0.436 e. The van der Waals surface area contributed by atoms with Gasteiger partial charge in [-0.1, -0.05) is 37.3 Å². The zero-order valence-corrected chi connectivity index (χ0v) is 11.9. The second-order valence-electron chi connectivity index (χ2n) is 4.93. The molecule has 0 bridgehead atoms. The van der Waals surface area contributed by atoms with E-state index in [0.29, 0.717) is 18.9 Å². The Morgan fingerprint density at radius 2 is 2.00 bits per heavy atom. The van der Waals surface area contributed by atoms with Gasteiger partial charge in [-0.3, -0.25) is 4.79 Å². The third-order valence-electron chi connectivity index (χ3n) is 3.01. The van der Waals surface area contributed by atoms with Crippen LogP contribution in [0.25, 0.3) is 0 Å². The topological polar surface area (TPSA) is 49.8 Å². The molecule has 2 atom stereocenters. The highest BCUT2D eigenvalue weighted by Crippen LogP contribution is 2.15. The van der Waals surface area contributed by atoms with Crippen LogP contribution in [0, 0.1) is 0 Å². The normalized spacial score (nSPS) is 14.2. The van der Waals surface area contributed by atoms with E-state index in [0.717, 1.165) is 6.54 Å². The van der Waals surface area contributed by atoms with Crippen LogP contribution in [0.2, 0.25) is 0 Å². The lowest BCUT2D eigenvalue weighted by atomic mass is 10.0. The zero-order chi connectivity index (χ0) is 14.3. The summed E-state index contributed by atoms with van der Waals surface area (Å²) in [7, 11) is 2.00. The second-order valence-corrected chi connectivity index (χ2v) is 4.93. The fraction of sp³-hybridized carbons (Fsp3) is 0.533. The first-order valence-electron chi connectivity index (χ1n) is 6.58. The Morgan fingerprint density at radius 3 is 2.58 bits per heavy atom. The van der Waals surface area contributed by atoms with Crippen LogP contribution in [0.1, 0.15) is 31.7 Å². The lowest BCUT2D eigenvalue weighted by Crippen LogP contribution is -2.28. The van der Waals surface area contributed by atoms with Gasteiger partial charge in [-0.2, -0.15) is 0 Å². The molecule has 19 heavy (non-hydrogen) atoms. The minimum atomic E-state index is -1.01. The van der Waals surface area contributed by atoms with Crippen molar-refractivity contribution in [1.29, 1.82) is 0 Å². The van der Waals surface area contributed by atoms with Crippen molar-refractivity contribution in [2.45, 2.75) is 32.5 Å². The van der Waals surface area contributed by atoms with Crippen LogP contribution < -0.4 is 0 Å². The molecule has 2 unspecified atom stereocenters. The van der Waals surface area contributed by atoms with Crippen molar-refractivity contribution in [1.82, 2.24) is 4.90 Å². The Kier molecular flexibility index (Phi) is 6.53. The number of rotatable bonds is 7. The Labute approximate surface area is 115 Å². The van der Waals surface area contributed by atoms with E-state index < -0.39 is 12.3 Å². The van der Waals surface area contributed by atoms with E-state index in [1.807, 2.05) is 25.2 Å². The molecule has 0 spiro atoms. The van der Waals surface area contributed by atoms with E-state index in [2.05, 4.69) is 28.7 Å². The molecule has 4 nitrogen and oxygen atoms in total. The molecule has 106 valence electrons. The summed E-state index contributed by atoms with van der Waals surface area (Å²) in [6.45, 7) is 5.06. The van der Waals surface area contributed by atoms with Gasteiger partial charge in [-0.25, -0.2) is 0 Å². The number of nitrogens with zero attached hydrogens (tertiary/aromatic N) is 1. The maximum Gasteiger partial charge on any atom is 0.304 e. The SMILES string of the molecule is CC(=O)OC(O)CCN(C)CC(C)c1ccccc1. The molecule has 1 aromatic rings. The van der Waals surface area contributed by atoms with Crippen LogP contribution in [-0.2, 0) is 9.53 Å². The number of esters is 1. The largest absolute Gasteiger partial charge is 0.436 e. The van der Waals surface area contributed by atoms with Crippen molar-refractivity contribution in [2.75, 3.05) is 20.1 Å². The Hall–Kier alpha value is -1.39. The van der Waals surface area contributed by atoms with E-state index in [1.54, 1.807) is 0 Å². The van der Waals surface area contributed by atoms with Gasteiger partial charge in [0.15, 0.2) is 0 Å². The van der Waals surface area contributed by atoms with Gasteiger partial charge >= 0.3 is 5.97 Å². The number of carbonyl (C=O) groups excluding carboxylic acids is 1. The van der Waals surface area contributed by atoms with Gasteiger partial charge < -0.3 is 14.7 Å². The van der Waals surface area contributed by atoms with Crippen molar-refractivity contribution >= 4 is 5.97 Å². The first kappa shape index (κ1) is 15.7. The monoisotopic (exact) mass is 265 g/mol. The fourth-order valence-electron chi connectivity index (χ4n) is 2.03. The third kappa shape index (κ3) is 6.36. The molecule has 1 aromatic carbocycles. The lowest BCUT2D eigenvalue weighted by molar-refractivity contribution is -0.166. The fourth-order valence-corrected chi connectivity index (χ4v) is 2.03. The molecule has 1 rings (SSSR count). The Balaban J connectivity index is 2.31. The van der Waals surface area contributed by atoms with Crippen molar-refractivity contribution in [3.05, 3.63) is 35.9 Å². The summed E-state index contributed by atoms with van der Waals surface area (Å²) in [6.07, 6.45) is -0.579. The van der Waals surface area contributed by atoms with Crippen molar-refractivity contribution < 1.29 is 14.6 Å². The smallest absolute Gasteiger partial charge is 0.304 e. The van der Waals surface area contributed by atoms with E-state index in [-0.39, 0.29) is 0 Å². The van der Waals surface area contributed by atoms with Crippen molar-refractivity contribution in [2.24, 2.45) is 0 Å². The molecule has 0 amide bonds. The molecule has 0 heterocycles. The lowest BCUT2D eigenvalue weighted by Gasteiger charge is -2.22. The first-order chi connectivity index (χ1) is 8.99. The van der Waals surface area contributed by atoms with Gasteiger partial charge in [0.2, 0.25) is 6.29 Å². The molecule has 0 aliphatic heterocycles. The average Bonchev–Trinajstić information content (AvgIpc) is 2.36. The summed E-state index contributed by atoms with van der Waals surface area (Å²) in [4.78, 5) is 12.8. The van der Waals surface area contributed by atoms with Crippen LogP contribution in [-0.4, -0.2) is 42.4 Å². The minimum absolute atomic E-state index is 0.428. The molecule has 0 saturated heterocycles. The number of carbonyl (C=O) groups is 1. The molecule has 0 fully saturated rings. The summed E-state index contributed by atoms with van der Waals surface area (Å²) in [6, 6.07) is 10.3. The maximum absolute atomic E-state index is 10.7. The quantitative estimate of drug-likeness (QED) is 0.605. The highest BCUT2D eigenvalue weighted by atomic mass is 16.6. The molecule has 0 radical (unpaired) electrons. The molecule has 0 saturated carbocycles.